The molecule has 0 saturated heterocycles. The van der Waals surface area contributed by atoms with Crippen LogP contribution in [0.25, 0.3) is 10.9 Å². The van der Waals surface area contributed by atoms with Crippen molar-refractivity contribution in [2.75, 3.05) is 12.0 Å². The minimum atomic E-state index is -1.19. The number of nitrogens with one attached hydrogen (secondary N) is 4. The lowest BCUT2D eigenvalue weighted by Crippen LogP contribution is -2.55. The third-order valence-corrected chi connectivity index (χ3v) is 5.83. The van der Waals surface area contributed by atoms with Crippen molar-refractivity contribution >= 4 is 46.4 Å². The number of amides is 3. The first kappa shape index (κ1) is 26.2. The maximum Gasteiger partial charge on any atom is 0.326 e. The van der Waals surface area contributed by atoms with E-state index in [4.69, 9.17) is 5.73 Å². The van der Waals surface area contributed by atoms with Crippen molar-refractivity contribution in [1.29, 1.82) is 0 Å². The van der Waals surface area contributed by atoms with E-state index in [1.165, 1.54) is 13.8 Å². The van der Waals surface area contributed by atoms with Crippen LogP contribution in [0.2, 0.25) is 0 Å². The molecular weight excluding hydrogens is 446 g/mol. The first-order valence-corrected chi connectivity index (χ1v) is 12.0. The molecule has 0 aliphatic rings. The van der Waals surface area contributed by atoms with E-state index in [0.29, 0.717) is 6.42 Å². The van der Waals surface area contributed by atoms with Crippen molar-refractivity contribution < 1.29 is 24.3 Å². The Labute approximate surface area is 196 Å². The van der Waals surface area contributed by atoms with Crippen molar-refractivity contribution in [3.63, 3.8) is 0 Å². The van der Waals surface area contributed by atoms with E-state index in [1.54, 1.807) is 18.0 Å². The number of hydrogen-bond acceptors (Lipinski definition) is 6. The van der Waals surface area contributed by atoms with Crippen LogP contribution in [0.3, 0.4) is 0 Å². The molecule has 10 nitrogen and oxygen atoms in total. The van der Waals surface area contributed by atoms with Crippen LogP contribution in [0.4, 0.5) is 0 Å². The molecule has 2 rings (SSSR count). The summed E-state index contributed by atoms with van der Waals surface area (Å²) in [4.78, 5) is 51.8. The van der Waals surface area contributed by atoms with Crippen LogP contribution in [0, 0.1) is 0 Å². The van der Waals surface area contributed by atoms with Gasteiger partial charge in [-0.2, -0.15) is 11.8 Å². The number of benzene rings is 1. The van der Waals surface area contributed by atoms with Crippen LogP contribution in [0.5, 0.6) is 0 Å². The highest BCUT2D eigenvalue weighted by atomic mass is 32.2. The van der Waals surface area contributed by atoms with Crippen LogP contribution >= 0.6 is 11.8 Å². The van der Waals surface area contributed by atoms with E-state index in [9.17, 15) is 24.3 Å². The number of para-hydroxylation sites is 1. The summed E-state index contributed by atoms with van der Waals surface area (Å²) in [6.07, 6.45) is 4.17. The van der Waals surface area contributed by atoms with Gasteiger partial charge in [-0.25, -0.2) is 4.79 Å². The Kier molecular flexibility index (Phi) is 9.74. The van der Waals surface area contributed by atoms with Crippen molar-refractivity contribution in [2.24, 2.45) is 5.73 Å². The van der Waals surface area contributed by atoms with E-state index in [1.807, 2.05) is 30.5 Å². The largest absolute Gasteiger partial charge is 0.480 e. The molecular formula is C22H31N5O5S. The Balaban J connectivity index is 1.92. The Hall–Kier alpha value is -3.05. The number of aliphatic carboxylic acids is 1. The minimum absolute atomic E-state index is 0.0755. The third kappa shape index (κ3) is 7.50. The second-order valence-corrected chi connectivity index (χ2v) is 8.80. The molecule has 2 aromatic rings. The van der Waals surface area contributed by atoms with Gasteiger partial charge in [-0.15, -0.1) is 0 Å². The Morgan fingerprint density at radius 2 is 1.64 bits per heavy atom. The van der Waals surface area contributed by atoms with E-state index in [-0.39, 0.29) is 6.42 Å². The molecule has 0 radical (unpaired) electrons. The van der Waals surface area contributed by atoms with Crippen molar-refractivity contribution in [3.8, 4) is 0 Å². The third-order valence-electron chi connectivity index (χ3n) is 5.19. The van der Waals surface area contributed by atoms with Crippen molar-refractivity contribution in [1.82, 2.24) is 20.9 Å². The standard InChI is InChI=1S/C22H31N5O5S/c1-12(26-21(30)16(23)8-9-33-3)19(28)25-13(2)20(29)27-18(22(31)32)10-14-11-24-17-7-5-4-6-15(14)17/h4-7,11-13,16,18,24H,8-10,23H2,1-3H3,(H,25,28)(H,26,30)(H,27,29)(H,31,32). The first-order chi connectivity index (χ1) is 15.6. The maximum absolute atomic E-state index is 12.6. The number of rotatable bonds is 12. The maximum atomic E-state index is 12.6. The van der Waals surface area contributed by atoms with E-state index in [0.717, 1.165) is 22.2 Å². The second-order valence-electron chi connectivity index (χ2n) is 7.81. The highest BCUT2D eigenvalue weighted by molar-refractivity contribution is 7.98. The van der Waals surface area contributed by atoms with E-state index in [2.05, 4.69) is 20.9 Å². The molecule has 0 aliphatic carbocycles. The zero-order valence-electron chi connectivity index (χ0n) is 18.9. The van der Waals surface area contributed by atoms with Gasteiger partial charge in [0.25, 0.3) is 0 Å². The fraction of sp³-hybridized carbons (Fsp3) is 0.455. The second kappa shape index (κ2) is 12.3. The fourth-order valence-corrected chi connectivity index (χ4v) is 3.67. The molecule has 4 unspecified atom stereocenters. The Morgan fingerprint density at radius 3 is 2.27 bits per heavy atom. The topological polar surface area (TPSA) is 166 Å². The predicted octanol–water partition coefficient (Wildman–Crippen LogP) is 0.370. The van der Waals surface area contributed by atoms with E-state index >= 15 is 0 Å². The summed E-state index contributed by atoms with van der Waals surface area (Å²) >= 11 is 1.56. The summed E-state index contributed by atoms with van der Waals surface area (Å²) in [6, 6.07) is 3.64. The normalized spacial score (nSPS) is 14.7. The highest BCUT2D eigenvalue weighted by Crippen LogP contribution is 2.19. The summed E-state index contributed by atoms with van der Waals surface area (Å²) in [7, 11) is 0. The summed E-state index contributed by atoms with van der Waals surface area (Å²) in [5, 5.41) is 17.9. The predicted molar refractivity (Wildman–Crippen MR) is 128 cm³/mol. The lowest BCUT2D eigenvalue weighted by molar-refractivity contribution is -0.142. The van der Waals surface area contributed by atoms with Crippen molar-refractivity contribution in [2.45, 2.75) is 50.9 Å². The number of thioether (sulfide) groups is 1. The summed E-state index contributed by atoms with van der Waals surface area (Å²) < 4.78 is 0. The van der Waals surface area contributed by atoms with Crippen LogP contribution < -0.4 is 21.7 Å². The van der Waals surface area contributed by atoms with Gasteiger partial charge < -0.3 is 31.8 Å². The smallest absolute Gasteiger partial charge is 0.326 e. The summed E-state index contributed by atoms with van der Waals surface area (Å²) in [6.45, 7) is 2.92. The molecule has 0 fully saturated rings. The van der Waals surface area contributed by atoms with Gasteiger partial charge >= 0.3 is 5.97 Å². The molecule has 1 heterocycles. The Bertz CT molecular complexity index is 994. The average Bonchev–Trinajstić information content (AvgIpc) is 3.19. The highest BCUT2D eigenvalue weighted by Gasteiger charge is 2.27. The van der Waals surface area contributed by atoms with Gasteiger partial charge in [0.05, 0.1) is 6.04 Å². The molecule has 180 valence electrons. The molecule has 1 aromatic heterocycles. The number of carbonyl (C=O) groups is 4. The molecule has 7 N–H and O–H groups in total. The Morgan fingerprint density at radius 1 is 1.03 bits per heavy atom. The number of nitrogens with two attached hydrogens (primary N) is 1. The van der Waals surface area contributed by atoms with Gasteiger partial charge in [0.15, 0.2) is 0 Å². The number of aromatic amines is 1. The minimum Gasteiger partial charge on any atom is -0.480 e. The van der Waals surface area contributed by atoms with Gasteiger partial charge in [0.1, 0.15) is 18.1 Å². The van der Waals surface area contributed by atoms with Crippen LogP contribution in [-0.4, -0.2) is 70.0 Å². The number of fused-ring (bicyclic) bond motifs is 1. The molecule has 1 aromatic carbocycles. The molecule has 0 aliphatic heterocycles. The summed E-state index contributed by atoms with van der Waals surface area (Å²) in [5.74, 6) is -2.15. The lowest BCUT2D eigenvalue weighted by Gasteiger charge is -2.21. The van der Waals surface area contributed by atoms with Gasteiger partial charge in [0, 0.05) is 23.5 Å². The molecule has 4 atom stereocenters. The molecule has 33 heavy (non-hydrogen) atoms. The summed E-state index contributed by atoms with van der Waals surface area (Å²) in [5.41, 5.74) is 7.42. The number of carboxylic acids is 1. The van der Waals surface area contributed by atoms with Gasteiger partial charge in [0.2, 0.25) is 17.7 Å². The van der Waals surface area contributed by atoms with Crippen LogP contribution in [0.1, 0.15) is 25.8 Å². The van der Waals surface area contributed by atoms with Gasteiger partial charge in [-0.05, 0) is 43.9 Å². The SMILES string of the molecule is CSCCC(N)C(=O)NC(C)C(=O)NC(C)C(=O)NC(Cc1c[nH]c2ccccc12)C(=O)O. The quantitative estimate of drug-likeness (QED) is 0.257. The molecule has 0 saturated carbocycles. The van der Waals surface area contributed by atoms with Gasteiger partial charge in [-0.3, -0.25) is 14.4 Å². The molecule has 0 spiro atoms. The number of aromatic nitrogens is 1. The number of H-pyrrole nitrogens is 1. The lowest BCUT2D eigenvalue weighted by atomic mass is 10.0. The molecule has 3 amide bonds. The van der Waals surface area contributed by atoms with Crippen LogP contribution in [-0.2, 0) is 25.6 Å². The van der Waals surface area contributed by atoms with Gasteiger partial charge in [-0.1, -0.05) is 18.2 Å². The zero-order chi connectivity index (χ0) is 24.5. The zero-order valence-corrected chi connectivity index (χ0v) is 19.7. The number of carbonyl (C=O) groups excluding carboxylic acids is 3. The van der Waals surface area contributed by atoms with E-state index < -0.39 is 47.9 Å². The first-order valence-electron chi connectivity index (χ1n) is 10.6. The monoisotopic (exact) mass is 477 g/mol. The molecule has 0 bridgehead atoms. The average molecular weight is 478 g/mol. The number of carboxylic acid groups (broad SMARTS) is 1. The molecule has 11 heteroatoms. The van der Waals surface area contributed by atoms with Crippen LogP contribution in [0.15, 0.2) is 30.5 Å². The van der Waals surface area contributed by atoms with Crippen molar-refractivity contribution in [3.05, 3.63) is 36.0 Å². The fourth-order valence-electron chi connectivity index (χ4n) is 3.18. The number of hydrogen-bond donors (Lipinski definition) is 6.